The zero-order valence-electron chi connectivity index (χ0n) is 23.6. The van der Waals surface area contributed by atoms with Gasteiger partial charge in [-0.3, -0.25) is 14.6 Å². The Morgan fingerprint density at radius 3 is 2.19 bits per heavy atom. The number of rotatable bonds is 10. The van der Waals surface area contributed by atoms with E-state index in [4.69, 9.17) is 9.47 Å². The second-order valence-electron chi connectivity index (χ2n) is 11.2. The van der Waals surface area contributed by atoms with Crippen LogP contribution in [0.1, 0.15) is 57.7 Å². The van der Waals surface area contributed by atoms with Crippen molar-refractivity contribution in [2.45, 2.75) is 64.3 Å². The molecule has 230 valence electrons. The van der Waals surface area contributed by atoms with E-state index in [1.165, 1.54) is 37.6 Å². The zero-order chi connectivity index (χ0) is 31.3. The maximum atomic E-state index is 14.9. The van der Waals surface area contributed by atoms with E-state index in [1.807, 2.05) is 20.8 Å². The van der Waals surface area contributed by atoms with Crippen molar-refractivity contribution in [1.82, 2.24) is 15.6 Å². The maximum Gasteiger partial charge on any atom is 0.416 e. The molecule has 0 radical (unpaired) electrons. The SMILES string of the molecule is COc1ccc(C2=C(CNC(=O)CC(C)(C)C)C(=O)N[C@@](c3ccc(OCCCC(F)(F)F)cc3)(C(F)(F)F)C2)nc1. The lowest BCUT2D eigenvalue weighted by Gasteiger charge is -2.41. The van der Waals surface area contributed by atoms with E-state index >= 15 is 0 Å². The number of nitrogens with one attached hydrogen (secondary N) is 2. The molecular weight excluding hydrogens is 568 g/mol. The molecule has 2 aromatic rings. The highest BCUT2D eigenvalue weighted by Gasteiger charge is 2.59. The molecule has 0 aliphatic carbocycles. The molecule has 1 aromatic carbocycles. The van der Waals surface area contributed by atoms with Crippen LogP contribution in [-0.4, -0.2) is 49.4 Å². The van der Waals surface area contributed by atoms with Crippen LogP contribution >= 0.6 is 0 Å². The summed E-state index contributed by atoms with van der Waals surface area (Å²) in [5.41, 5.74) is -3.51. The van der Waals surface area contributed by atoms with Crippen LogP contribution in [0.5, 0.6) is 11.5 Å². The van der Waals surface area contributed by atoms with Crippen LogP contribution in [0.4, 0.5) is 26.3 Å². The van der Waals surface area contributed by atoms with Gasteiger partial charge in [0.1, 0.15) is 11.5 Å². The predicted molar refractivity (Wildman–Crippen MR) is 143 cm³/mol. The number of methoxy groups -OCH3 is 1. The fraction of sp³-hybridized carbons (Fsp3) is 0.483. The molecule has 13 heteroatoms. The molecule has 0 saturated carbocycles. The van der Waals surface area contributed by atoms with Crippen molar-refractivity contribution in [2.24, 2.45) is 5.41 Å². The van der Waals surface area contributed by atoms with Gasteiger partial charge >= 0.3 is 12.4 Å². The van der Waals surface area contributed by atoms with Crippen LogP contribution in [0.25, 0.3) is 5.57 Å². The van der Waals surface area contributed by atoms with Crippen LogP contribution in [-0.2, 0) is 15.1 Å². The van der Waals surface area contributed by atoms with E-state index in [0.717, 1.165) is 12.1 Å². The summed E-state index contributed by atoms with van der Waals surface area (Å²) in [4.78, 5) is 30.1. The Hall–Kier alpha value is -3.77. The van der Waals surface area contributed by atoms with Crippen molar-refractivity contribution in [3.63, 3.8) is 0 Å². The molecule has 0 unspecified atom stereocenters. The highest BCUT2D eigenvalue weighted by atomic mass is 19.4. The van der Waals surface area contributed by atoms with Crippen LogP contribution in [0, 0.1) is 5.41 Å². The van der Waals surface area contributed by atoms with E-state index in [9.17, 15) is 35.9 Å². The number of ether oxygens (including phenoxy) is 2. The van der Waals surface area contributed by atoms with E-state index in [-0.39, 0.29) is 65.5 Å². The summed E-state index contributed by atoms with van der Waals surface area (Å²) in [6.45, 7) is 4.95. The van der Waals surface area contributed by atoms with Crippen molar-refractivity contribution < 1.29 is 45.4 Å². The lowest BCUT2D eigenvalue weighted by Crippen LogP contribution is -2.59. The highest BCUT2D eigenvalue weighted by molar-refractivity contribution is 6.04. The number of hydrogen-bond donors (Lipinski definition) is 2. The Bertz CT molecular complexity index is 1280. The normalized spacial score (nSPS) is 18.0. The van der Waals surface area contributed by atoms with Crippen molar-refractivity contribution >= 4 is 17.4 Å². The lowest BCUT2D eigenvalue weighted by molar-refractivity contribution is -0.201. The summed E-state index contributed by atoms with van der Waals surface area (Å²) < 4.78 is 92.1. The molecule has 0 bridgehead atoms. The number of aromatic nitrogens is 1. The molecule has 42 heavy (non-hydrogen) atoms. The Morgan fingerprint density at radius 2 is 1.67 bits per heavy atom. The number of benzene rings is 1. The molecule has 0 spiro atoms. The summed E-state index contributed by atoms with van der Waals surface area (Å²) in [6, 6.07) is 7.57. The van der Waals surface area contributed by atoms with Gasteiger partial charge in [-0.05, 0) is 47.2 Å². The van der Waals surface area contributed by atoms with Gasteiger partial charge in [0.25, 0.3) is 0 Å². The minimum atomic E-state index is -4.98. The Morgan fingerprint density at radius 1 is 1.02 bits per heavy atom. The number of nitrogens with zero attached hydrogens (tertiary/aromatic N) is 1. The quantitative estimate of drug-likeness (QED) is 0.254. The van der Waals surface area contributed by atoms with Crippen molar-refractivity contribution in [3.05, 3.63) is 59.4 Å². The van der Waals surface area contributed by atoms with Gasteiger partial charge in [0.2, 0.25) is 11.8 Å². The van der Waals surface area contributed by atoms with Gasteiger partial charge in [-0.2, -0.15) is 26.3 Å². The molecule has 0 fully saturated rings. The van der Waals surface area contributed by atoms with Gasteiger partial charge in [-0.1, -0.05) is 32.9 Å². The van der Waals surface area contributed by atoms with Crippen molar-refractivity contribution in [3.8, 4) is 11.5 Å². The number of halogens is 6. The molecule has 2 heterocycles. The predicted octanol–water partition coefficient (Wildman–Crippen LogP) is 6.10. The van der Waals surface area contributed by atoms with Crippen molar-refractivity contribution in [1.29, 1.82) is 0 Å². The van der Waals surface area contributed by atoms with Crippen LogP contribution < -0.4 is 20.1 Å². The summed E-state index contributed by atoms with van der Waals surface area (Å²) in [6.07, 6.45) is -9.98. The monoisotopic (exact) mass is 601 g/mol. The second-order valence-corrected chi connectivity index (χ2v) is 11.2. The molecule has 1 aliphatic rings. The van der Waals surface area contributed by atoms with Gasteiger partial charge in [-0.15, -0.1) is 0 Å². The Kier molecular flexibility index (Phi) is 9.84. The fourth-order valence-corrected chi connectivity index (χ4v) is 4.47. The number of amides is 2. The van der Waals surface area contributed by atoms with Gasteiger partial charge in [0.05, 0.1) is 25.6 Å². The first-order chi connectivity index (χ1) is 19.4. The fourth-order valence-electron chi connectivity index (χ4n) is 4.47. The number of alkyl halides is 6. The van der Waals surface area contributed by atoms with Gasteiger partial charge in [0.15, 0.2) is 5.54 Å². The third kappa shape index (κ3) is 8.39. The number of hydrogen-bond acceptors (Lipinski definition) is 5. The summed E-state index contributed by atoms with van der Waals surface area (Å²) in [7, 11) is 1.40. The Balaban J connectivity index is 1.97. The molecule has 2 N–H and O–H groups in total. The van der Waals surface area contributed by atoms with E-state index < -0.39 is 36.6 Å². The lowest BCUT2D eigenvalue weighted by atomic mass is 9.77. The highest BCUT2D eigenvalue weighted by Crippen LogP contribution is 2.48. The van der Waals surface area contributed by atoms with Gasteiger partial charge in [0, 0.05) is 31.4 Å². The van der Waals surface area contributed by atoms with Gasteiger partial charge in [-0.25, -0.2) is 0 Å². The molecule has 0 saturated heterocycles. The molecule has 1 atom stereocenters. The minimum Gasteiger partial charge on any atom is -0.495 e. The Labute approximate surface area is 239 Å². The standard InChI is InChI=1S/C29H33F6N3O4/c1-26(2,3)15-24(39)37-17-22-21(23-11-10-20(41-4)16-36-23)14-27(29(33,34)35,38-25(22)40)18-6-8-19(9-7-18)42-13-5-12-28(30,31)32/h6-11,16H,5,12-15,17H2,1-4H3,(H,37,39)(H,38,40)/t27-/m0/s1. The molecule has 3 rings (SSSR count). The molecule has 1 aliphatic heterocycles. The van der Waals surface area contributed by atoms with E-state index in [2.05, 4.69) is 15.6 Å². The first kappa shape index (κ1) is 32.7. The van der Waals surface area contributed by atoms with Gasteiger partial charge < -0.3 is 20.1 Å². The van der Waals surface area contributed by atoms with E-state index in [1.54, 1.807) is 0 Å². The summed E-state index contributed by atoms with van der Waals surface area (Å²) in [5.74, 6) is -0.971. The molecule has 7 nitrogen and oxygen atoms in total. The number of carbonyl (C=O) groups is 2. The zero-order valence-corrected chi connectivity index (χ0v) is 23.6. The minimum absolute atomic E-state index is 0.0118. The third-order valence-electron chi connectivity index (χ3n) is 6.55. The van der Waals surface area contributed by atoms with Crippen LogP contribution in [0.15, 0.2) is 48.2 Å². The molecular formula is C29H33F6N3O4. The van der Waals surface area contributed by atoms with E-state index in [0.29, 0.717) is 5.75 Å². The average molecular weight is 602 g/mol. The summed E-state index contributed by atoms with van der Waals surface area (Å²) in [5, 5.41) is 4.76. The van der Waals surface area contributed by atoms with Crippen LogP contribution in [0.2, 0.25) is 0 Å². The smallest absolute Gasteiger partial charge is 0.416 e. The molecule has 2 amide bonds. The number of pyridine rings is 1. The maximum absolute atomic E-state index is 14.9. The summed E-state index contributed by atoms with van der Waals surface area (Å²) >= 11 is 0. The topological polar surface area (TPSA) is 89.5 Å². The van der Waals surface area contributed by atoms with Crippen LogP contribution in [0.3, 0.4) is 0 Å². The largest absolute Gasteiger partial charge is 0.495 e. The first-order valence-corrected chi connectivity index (χ1v) is 13.1. The average Bonchev–Trinajstić information content (AvgIpc) is 2.88. The third-order valence-corrected chi connectivity index (χ3v) is 6.55. The molecule has 1 aromatic heterocycles. The second kappa shape index (κ2) is 12.6. The number of carbonyl (C=O) groups excluding carboxylic acids is 2. The first-order valence-electron chi connectivity index (χ1n) is 13.1. The van der Waals surface area contributed by atoms with Crippen molar-refractivity contribution in [2.75, 3.05) is 20.3 Å².